The highest BCUT2D eigenvalue weighted by molar-refractivity contribution is 6.31. The summed E-state index contributed by atoms with van der Waals surface area (Å²) in [5.41, 5.74) is 3.37. The van der Waals surface area contributed by atoms with Crippen LogP contribution in [0.25, 0.3) is 16.7 Å². The molecule has 0 saturated heterocycles. The Balaban J connectivity index is 2.34. The van der Waals surface area contributed by atoms with E-state index >= 15 is 0 Å². The molecule has 0 N–H and O–H groups in total. The zero-order valence-corrected chi connectivity index (χ0v) is 12.2. The van der Waals surface area contributed by atoms with E-state index < -0.39 is 0 Å². The Hall–Kier alpha value is -1.58. The normalized spacial score (nSPS) is 11.2. The van der Waals surface area contributed by atoms with E-state index in [1.807, 2.05) is 17.6 Å². The number of fused-ring (bicyclic) bond motifs is 1. The lowest BCUT2D eigenvalue weighted by atomic mass is 10.2. The SMILES string of the molecule is Cc1cc(F)ccc1-n1c(CCl)nc2cc(Cl)ccc21. The number of aromatic nitrogens is 2. The Labute approximate surface area is 125 Å². The van der Waals surface area contributed by atoms with E-state index in [0.29, 0.717) is 10.8 Å². The molecule has 0 bridgehead atoms. The highest BCUT2D eigenvalue weighted by Crippen LogP contribution is 2.27. The van der Waals surface area contributed by atoms with E-state index in [2.05, 4.69) is 4.98 Å². The molecule has 2 aromatic carbocycles. The summed E-state index contributed by atoms with van der Waals surface area (Å²) < 4.78 is 15.2. The second-order valence-electron chi connectivity index (χ2n) is 4.56. The summed E-state index contributed by atoms with van der Waals surface area (Å²) in [5, 5.41) is 0.624. The molecule has 0 saturated carbocycles. The summed E-state index contributed by atoms with van der Waals surface area (Å²) in [6, 6.07) is 10.2. The third kappa shape index (κ3) is 2.17. The summed E-state index contributed by atoms with van der Waals surface area (Å²) in [6.07, 6.45) is 0. The third-order valence-corrected chi connectivity index (χ3v) is 3.68. The Morgan fingerprint density at radius 1 is 1.20 bits per heavy atom. The van der Waals surface area contributed by atoms with Gasteiger partial charge in [-0.1, -0.05) is 11.6 Å². The molecule has 0 atom stereocenters. The monoisotopic (exact) mass is 308 g/mol. The standard InChI is InChI=1S/C15H11Cl2FN2/c1-9-6-11(18)3-5-13(9)20-14-4-2-10(17)7-12(14)19-15(20)8-16/h2-7H,8H2,1H3. The van der Waals surface area contributed by atoms with Crippen LogP contribution in [0.15, 0.2) is 36.4 Å². The van der Waals surface area contributed by atoms with E-state index in [9.17, 15) is 4.39 Å². The molecular formula is C15H11Cl2FN2. The summed E-state index contributed by atoms with van der Waals surface area (Å²) in [5.74, 6) is 0.716. The summed E-state index contributed by atoms with van der Waals surface area (Å²) >= 11 is 12.0. The number of halogens is 3. The predicted octanol–water partition coefficient (Wildman–Crippen LogP) is 4.87. The van der Waals surface area contributed by atoms with Crippen LogP contribution >= 0.6 is 23.2 Å². The lowest BCUT2D eigenvalue weighted by Gasteiger charge is -2.11. The van der Waals surface area contributed by atoms with Gasteiger partial charge in [0.05, 0.1) is 22.6 Å². The Bertz CT molecular complexity index is 796. The summed E-state index contributed by atoms with van der Waals surface area (Å²) in [6.45, 7) is 1.86. The lowest BCUT2D eigenvalue weighted by Crippen LogP contribution is -2.01. The zero-order chi connectivity index (χ0) is 14.3. The van der Waals surface area contributed by atoms with Gasteiger partial charge in [0.2, 0.25) is 0 Å². The number of benzene rings is 2. The molecule has 2 nitrogen and oxygen atoms in total. The highest BCUT2D eigenvalue weighted by atomic mass is 35.5. The summed E-state index contributed by atoms with van der Waals surface area (Å²) in [7, 11) is 0. The van der Waals surface area contributed by atoms with Gasteiger partial charge in [-0.25, -0.2) is 9.37 Å². The number of hydrogen-bond donors (Lipinski definition) is 0. The fourth-order valence-corrected chi connectivity index (χ4v) is 2.68. The molecule has 0 aliphatic heterocycles. The van der Waals surface area contributed by atoms with Crippen molar-refractivity contribution >= 4 is 34.2 Å². The second kappa shape index (κ2) is 5.08. The van der Waals surface area contributed by atoms with Crippen LogP contribution in [0.4, 0.5) is 4.39 Å². The molecule has 0 aliphatic rings. The molecule has 0 radical (unpaired) electrons. The maximum atomic E-state index is 13.3. The molecule has 0 unspecified atom stereocenters. The first-order valence-electron chi connectivity index (χ1n) is 6.09. The van der Waals surface area contributed by atoms with Crippen molar-refractivity contribution < 1.29 is 4.39 Å². The van der Waals surface area contributed by atoms with Gasteiger partial charge < -0.3 is 0 Å². The Morgan fingerprint density at radius 3 is 2.70 bits per heavy atom. The minimum absolute atomic E-state index is 0.258. The van der Waals surface area contributed by atoms with Gasteiger partial charge in [0, 0.05) is 5.02 Å². The molecule has 1 heterocycles. The Morgan fingerprint density at radius 2 is 2.00 bits per heavy atom. The van der Waals surface area contributed by atoms with Crippen molar-refractivity contribution in [1.82, 2.24) is 9.55 Å². The predicted molar refractivity (Wildman–Crippen MR) is 80.3 cm³/mol. The zero-order valence-electron chi connectivity index (χ0n) is 10.7. The van der Waals surface area contributed by atoms with Gasteiger partial charge in [-0.15, -0.1) is 11.6 Å². The molecule has 0 spiro atoms. The Kier molecular flexibility index (Phi) is 3.40. The van der Waals surface area contributed by atoms with Crippen molar-refractivity contribution in [2.24, 2.45) is 0 Å². The minimum Gasteiger partial charge on any atom is -0.295 e. The summed E-state index contributed by atoms with van der Waals surface area (Å²) in [4.78, 5) is 4.48. The quantitative estimate of drug-likeness (QED) is 0.618. The highest BCUT2D eigenvalue weighted by Gasteiger charge is 2.14. The van der Waals surface area contributed by atoms with Gasteiger partial charge in [0.25, 0.3) is 0 Å². The first-order chi connectivity index (χ1) is 9.60. The van der Waals surface area contributed by atoms with Crippen LogP contribution in [0.3, 0.4) is 0 Å². The number of hydrogen-bond acceptors (Lipinski definition) is 1. The number of nitrogens with zero attached hydrogens (tertiary/aromatic N) is 2. The van der Waals surface area contributed by atoms with Crippen LogP contribution in [0.2, 0.25) is 5.02 Å². The molecule has 1 aromatic heterocycles. The van der Waals surface area contributed by atoms with E-state index in [-0.39, 0.29) is 11.7 Å². The maximum absolute atomic E-state index is 13.3. The smallest absolute Gasteiger partial charge is 0.129 e. The van der Waals surface area contributed by atoms with Crippen LogP contribution in [-0.2, 0) is 5.88 Å². The van der Waals surface area contributed by atoms with Crippen LogP contribution < -0.4 is 0 Å². The van der Waals surface area contributed by atoms with Crippen LogP contribution in [0.5, 0.6) is 0 Å². The van der Waals surface area contributed by atoms with Gasteiger partial charge in [-0.05, 0) is 48.9 Å². The maximum Gasteiger partial charge on any atom is 0.129 e. The topological polar surface area (TPSA) is 17.8 Å². The molecule has 102 valence electrons. The molecule has 0 amide bonds. The van der Waals surface area contributed by atoms with Gasteiger partial charge in [0.1, 0.15) is 11.6 Å². The minimum atomic E-state index is -0.258. The molecular weight excluding hydrogens is 298 g/mol. The average Bonchev–Trinajstić information content (AvgIpc) is 2.76. The van der Waals surface area contributed by atoms with Gasteiger partial charge in [0.15, 0.2) is 0 Å². The van der Waals surface area contributed by atoms with Crippen LogP contribution in [-0.4, -0.2) is 9.55 Å². The fourth-order valence-electron chi connectivity index (χ4n) is 2.33. The van der Waals surface area contributed by atoms with Crippen LogP contribution in [0, 0.1) is 12.7 Å². The van der Waals surface area contributed by atoms with Crippen molar-refractivity contribution in [3.05, 3.63) is 58.6 Å². The molecule has 3 aromatic rings. The van der Waals surface area contributed by atoms with Crippen LogP contribution in [0.1, 0.15) is 11.4 Å². The van der Waals surface area contributed by atoms with E-state index in [1.54, 1.807) is 18.2 Å². The first kappa shape index (κ1) is 13.4. The molecule has 20 heavy (non-hydrogen) atoms. The van der Waals surface area contributed by atoms with Crippen molar-refractivity contribution in [3.63, 3.8) is 0 Å². The van der Waals surface area contributed by atoms with Gasteiger partial charge in [-0.3, -0.25) is 4.57 Å². The third-order valence-electron chi connectivity index (χ3n) is 3.21. The lowest BCUT2D eigenvalue weighted by molar-refractivity contribution is 0.626. The number of alkyl halides is 1. The second-order valence-corrected chi connectivity index (χ2v) is 5.26. The van der Waals surface area contributed by atoms with E-state index in [1.165, 1.54) is 12.1 Å². The fraction of sp³-hybridized carbons (Fsp3) is 0.133. The molecule has 0 aliphatic carbocycles. The van der Waals surface area contributed by atoms with E-state index in [4.69, 9.17) is 23.2 Å². The largest absolute Gasteiger partial charge is 0.295 e. The van der Waals surface area contributed by atoms with Crippen molar-refractivity contribution in [2.45, 2.75) is 12.8 Å². The first-order valence-corrected chi connectivity index (χ1v) is 7.01. The number of imidazole rings is 1. The molecule has 3 rings (SSSR count). The number of aryl methyl sites for hydroxylation is 1. The molecule has 0 fully saturated rings. The molecule has 5 heteroatoms. The van der Waals surface area contributed by atoms with Crippen molar-refractivity contribution in [3.8, 4) is 5.69 Å². The van der Waals surface area contributed by atoms with Gasteiger partial charge >= 0.3 is 0 Å². The number of rotatable bonds is 2. The van der Waals surface area contributed by atoms with Crippen molar-refractivity contribution in [1.29, 1.82) is 0 Å². The van der Waals surface area contributed by atoms with Gasteiger partial charge in [-0.2, -0.15) is 0 Å². The average molecular weight is 309 g/mol. The van der Waals surface area contributed by atoms with E-state index in [0.717, 1.165) is 22.3 Å². The van der Waals surface area contributed by atoms with Crippen molar-refractivity contribution in [2.75, 3.05) is 0 Å².